The summed E-state index contributed by atoms with van der Waals surface area (Å²) >= 11 is 0.815. The van der Waals surface area contributed by atoms with Crippen molar-refractivity contribution in [1.82, 2.24) is 15.3 Å². The second-order valence-electron chi connectivity index (χ2n) is 3.70. The first-order chi connectivity index (χ1) is 9.86. The number of carbonyl (C=O) groups is 2. The van der Waals surface area contributed by atoms with E-state index in [0.29, 0.717) is 0 Å². The molecule has 1 aromatic rings. The Kier molecular flexibility index (Phi) is 5.84. The van der Waals surface area contributed by atoms with Crippen molar-refractivity contribution < 1.29 is 24.4 Å². The lowest BCUT2D eigenvalue weighted by molar-refractivity contribution is -0.389. The highest BCUT2D eigenvalue weighted by Gasteiger charge is 2.26. The number of hydrogen-bond donors (Lipinski definition) is 2. The predicted molar refractivity (Wildman–Crippen MR) is 71.2 cm³/mol. The first-order valence-electron chi connectivity index (χ1n) is 5.52. The molecule has 11 heteroatoms. The number of rotatable bonds is 7. The lowest BCUT2D eigenvalue weighted by Gasteiger charge is -2.12. The fraction of sp³-hybridized carbons (Fsp3) is 0.400. The molecule has 0 fully saturated rings. The van der Waals surface area contributed by atoms with Gasteiger partial charge in [0.05, 0.1) is 12.0 Å². The van der Waals surface area contributed by atoms with Crippen LogP contribution in [-0.2, 0) is 9.59 Å². The maximum absolute atomic E-state index is 11.0. The van der Waals surface area contributed by atoms with Gasteiger partial charge in [0, 0.05) is 12.7 Å². The van der Waals surface area contributed by atoms with Crippen molar-refractivity contribution in [2.75, 3.05) is 12.9 Å². The molecule has 1 aromatic heterocycles. The van der Waals surface area contributed by atoms with Gasteiger partial charge in [-0.2, -0.15) is 4.98 Å². The van der Waals surface area contributed by atoms with E-state index in [9.17, 15) is 19.7 Å². The summed E-state index contributed by atoms with van der Waals surface area (Å²) in [5.74, 6) is -2.11. The summed E-state index contributed by atoms with van der Waals surface area (Å²) in [7, 11) is 1.22. The second kappa shape index (κ2) is 7.38. The molecule has 0 spiro atoms. The highest BCUT2D eigenvalue weighted by Crippen LogP contribution is 2.33. The van der Waals surface area contributed by atoms with E-state index in [4.69, 9.17) is 9.84 Å². The highest BCUT2D eigenvalue weighted by molar-refractivity contribution is 7.99. The number of ether oxygens (including phenoxy) is 1. The third-order valence-corrected chi connectivity index (χ3v) is 3.27. The molecule has 0 saturated heterocycles. The average molecular weight is 316 g/mol. The number of carboxylic acid groups (broad SMARTS) is 1. The van der Waals surface area contributed by atoms with E-state index >= 15 is 0 Å². The molecule has 0 unspecified atom stereocenters. The predicted octanol–water partition coefficient (Wildman–Crippen LogP) is 0.0748. The van der Waals surface area contributed by atoms with E-state index in [1.165, 1.54) is 14.0 Å². The zero-order valence-electron chi connectivity index (χ0n) is 11.1. The fourth-order valence-corrected chi connectivity index (χ4v) is 2.31. The van der Waals surface area contributed by atoms with Crippen LogP contribution in [0.4, 0.5) is 5.69 Å². The molecule has 2 N–H and O–H groups in total. The van der Waals surface area contributed by atoms with Crippen LogP contribution in [0.5, 0.6) is 5.88 Å². The van der Waals surface area contributed by atoms with E-state index in [1.54, 1.807) is 0 Å². The van der Waals surface area contributed by atoms with Crippen LogP contribution in [0.15, 0.2) is 11.4 Å². The van der Waals surface area contributed by atoms with Crippen LogP contribution in [0.1, 0.15) is 6.92 Å². The number of nitro groups is 1. The summed E-state index contributed by atoms with van der Waals surface area (Å²) in [6.45, 7) is 1.18. The van der Waals surface area contributed by atoms with E-state index in [0.717, 1.165) is 18.1 Å². The maximum Gasteiger partial charge on any atom is 0.362 e. The lowest BCUT2D eigenvalue weighted by Crippen LogP contribution is -2.41. The number of nitrogens with zero attached hydrogens (tertiary/aromatic N) is 3. The number of nitrogens with one attached hydrogen (secondary N) is 1. The van der Waals surface area contributed by atoms with Crippen molar-refractivity contribution in [3.63, 3.8) is 0 Å². The Morgan fingerprint density at radius 1 is 1.57 bits per heavy atom. The normalized spacial score (nSPS) is 11.5. The molecule has 1 heterocycles. The Labute approximate surface area is 123 Å². The fourth-order valence-electron chi connectivity index (χ4n) is 1.34. The van der Waals surface area contributed by atoms with Crippen molar-refractivity contribution in [2.24, 2.45) is 0 Å². The zero-order valence-corrected chi connectivity index (χ0v) is 11.9. The number of carboxylic acids is 1. The molecule has 0 bridgehead atoms. The minimum Gasteiger partial charge on any atom is -0.480 e. The van der Waals surface area contributed by atoms with E-state index in [2.05, 4.69) is 15.3 Å². The standard InChI is InChI=1S/C10H12N4O6S/c1-5(15)13-6(10(16)17)3-21-9-7(14(18)19)8(20-2)11-4-12-9/h4,6H,3H2,1-2H3,(H,13,15)(H,16,17)/t6-/m0/s1. The molecule has 1 rings (SSSR count). The largest absolute Gasteiger partial charge is 0.480 e. The van der Waals surface area contributed by atoms with Gasteiger partial charge in [-0.05, 0) is 0 Å². The van der Waals surface area contributed by atoms with Gasteiger partial charge in [0.2, 0.25) is 5.91 Å². The minimum absolute atomic E-state index is 0.0385. The lowest BCUT2D eigenvalue weighted by atomic mass is 10.3. The van der Waals surface area contributed by atoms with E-state index in [-0.39, 0.29) is 16.7 Å². The van der Waals surface area contributed by atoms with Crippen LogP contribution in [0.2, 0.25) is 0 Å². The van der Waals surface area contributed by atoms with Crippen LogP contribution in [0, 0.1) is 10.1 Å². The summed E-state index contributed by atoms with van der Waals surface area (Å²) in [4.78, 5) is 39.5. The van der Waals surface area contributed by atoms with Crippen molar-refractivity contribution >= 4 is 29.3 Å². The van der Waals surface area contributed by atoms with Gasteiger partial charge in [0.25, 0.3) is 5.88 Å². The van der Waals surface area contributed by atoms with Gasteiger partial charge in [0.1, 0.15) is 12.4 Å². The Morgan fingerprint density at radius 3 is 2.71 bits per heavy atom. The molecular formula is C10H12N4O6S. The smallest absolute Gasteiger partial charge is 0.362 e. The molecule has 10 nitrogen and oxygen atoms in total. The van der Waals surface area contributed by atoms with Gasteiger partial charge in [-0.1, -0.05) is 11.8 Å². The molecule has 1 amide bonds. The summed E-state index contributed by atoms with van der Waals surface area (Å²) in [6, 6.07) is -1.19. The molecule has 0 aromatic carbocycles. The maximum atomic E-state index is 11.0. The Bertz CT molecular complexity index is 566. The molecule has 0 radical (unpaired) electrons. The first kappa shape index (κ1) is 16.6. The van der Waals surface area contributed by atoms with Crippen LogP contribution in [0.25, 0.3) is 0 Å². The molecular weight excluding hydrogens is 304 g/mol. The number of aliphatic carboxylic acids is 1. The number of hydrogen-bond acceptors (Lipinski definition) is 8. The van der Waals surface area contributed by atoms with Crippen LogP contribution in [-0.4, -0.2) is 50.8 Å². The summed E-state index contributed by atoms with van der Waals surface area (Å²) in [5, 5.41) is 22.1. The first-order valence-corrected chi connectivity index (χ1v) is 6.51. The highest BCUT2D eigenvalue weighted by atomic mass is 32.2. The third-order valence-electron chi connectivity index (χ3n) is 2.19. The van der Waals surface area contributed by atoms with Gasteiger partial charge >= 0.3 is 11.7 Å². The molecule has 0 aliphatic carbocycles. The van der Waals surface area contributed by atoms with Crippen LogP contribution < -0.4 is 10.1 Å². The number of amides is 1. The molecule has 0 saturated carbocycles. The van der Waals surface area contributed by atoms with Crippen molar-refractivity contribution in [3.05, 3.63) is 16.4 Å². The van der Waals surface area contributed by atoms with Gasteiger partial charge in [-0.3, -0.25) is 14.9 Å². The average Bonchev–Trinajstić information content (AvgIpc) is 2.41. The third kappa shape index (κ3) is 4.56. The minimum atomic E-state index is -1.25. The SMILES string of the molecule is COc1ncnc(SC[C@H](NC(C)=O)C(=O)O)c1[N+](=O)[O-]. The Hall–Kier alpha value is -2.43. The van der Waals surface area contributed by atoms with Crippen molar-refractivity contribution in [2.45, 2.75) is 18.0 Å². The summed E-state index contributed by atoms with van der Waals surface area (Å²) < 4.78 is 4.77. The molecule has 1 atom stereocenters. The summed E-state index contributed by atoms with van der Waals surface area (Å²) in [6.07, 6.45) is 1.07. The number of methoxy groups -OCH3 is 1. The van der Waals surface area contributed by atoms with Crippen molar-refractivity contribution in [3.8, 4) is 5.88 Å². The molecule has 114 valence electrons. The van der Waals surface area contributed by atoms with Gasteiger partial charge in [0.15, 0.2) is 5.03 Å². The number of aromatic nitrogens is 2. The Balaban J connectivity index is 2.94. The van der Waals surface area contributed by atoms with Crippen LogP contribution in [0.3, 0.4) is 0 Å². The van der Waals surface area contributed by atoms with Crippen LogP contribution >= 0.6 is 11.8 Å². The quantitative estimate of drug-likeness (QED) is 0.309. The monoisotopic (exact) mass is 316 g/mol. The van der Waals surface area contributed by atoms with E-state index < -0.39 is 28.5 Å². The molecule has 0 aliphatic heterocycles. The second-order valence-corrected chi connectivity index (χ2v) is 4.70. The Morgan fingerprint density at radius 2 is 2.24 bits per heavy atom. The molecule has 21 heavy (non-hydrogen) atoms. The number of carbonyl (C=O) groups excluding carboxylic acids is 1. The van der Waals surface area contributed by atoms with Crippen molar-refractivity contribution in [1.29, 1.82) is 0 Å². The number of thioether (sulfide) groups is 1. The summed E-state index contributed by atoms with van der Waals surface area (Å²) in [5.41, 5.74) is -0.447. The zero-order chi connectivity index (χ0) is 16.0. The molecule has 0 aliphatic rings. The topological polar surface area (TPSA) is 145 Å². The van der Waals surface area contributed by atoms with Gasteiger partial charge < -0.3 is 15.2 Å². The van der Waals surface area contributed by atoms with E-state index in [1.807, 2.05) is 0 Å². The van der Waals surface area contributed by atoms with Gasteiger partial charge in [-0.15, -0.1) is 0 Å². The van der Waals surface area contributed by atoms with Gasteiger partial charge in [-0.25, -0.2) is 9.78 Å².